The van der Waals surface area contributed by atoms with Crippen LogP contribution in [0.1, 0.15) is 42.1 Å². The van der Waals surface area contributed by atoms with E-state index in [1.807, 2.05) is 30.5 Å². The summed E-state index contributed by atoms with van der Waals surface area (Å²) >= 11 is 3.51. The van der Waals surface area contributed by atoms with Gasteiger partial charge in [0, 0.05) is 44.4 Å². The number of nitro groups is 1. The van der Waals surface area contributed by atoms with Crippen molar-refractivity contribution in [2.45, 2.75) is 33.4 Å². The number of hydrogen-bond acceptors (Lipinski definition) is 7. The zero-order chi connectivity index (χ0) is 31.1. The molecule has 0 N–H and O–H groups in total. The first-order valence-corrected chi connectivity index (χ1v) is 15.8. The highest BCUT2D eigenvalue weighted by atomic mass is 127. The molecule has 0 unspecified atom stereocenters. The maximum atomic E-state index is 14.2. The zero-order valence-electron chi connectivity index (χ0n) is 24.1. The predicted molar refractivity (Wildman–Crippen MR) is 178 cm³/mol. The number of esters is 1. The van der Waals surface area contributed by atoms with E-state index in [9.17, 15) is 19.7 Å². The van der Waals surface area contributed by atoms with Crippen LogP contribution in [0.5, 0.6) is 0 Å². The number of nitrogens with zero attached hydrogens (tertiary/aromatic N) is 4. The lowest BCUT2D eigenvalue weighted by Crippen LogP contribution is -2.40. The number of fused-ring (bicyclic) bond motifs is 2. The average molecular weight is 719 g/mol. The summed E-state index contributed by atoms with van der Waals surface area (Å²) in [6.45, 7) is 5.84. The Hall–Kier alpha value is -4.36. The summed E-state index contributed by atoms with van der Waals surface area (Å²) < 4.78 is 10.6. The van der Waals surface area contributed by atoms with Crippen LogP contribution in [0.4, 0.5) is 5.69 Å². The van der Waals surface area contributed by atoms with Crippen LogP contribution in [-0.4, -0.2) is 26.6 Å². The first-order valence-electron chi connectivity index (χ1n) is 13.9. The van der Waals surface area contributed by atoms with Gasteiger partial charge < -0.3 is 9.30 Å². The van der Waals surface area contributed by atoms with E-state index in [0.717, 1.165) is 22.0 Å². The van der Waals surface area contributed by atoms with Crippen LogP contribution in [0.3, 0.4) is 0 Å². The van der Waals surface area contributed by atoms with Crippen molar-refractivity contribution in [3.8, 4) is 0 Å². The number of thiazole rings is 1. The minimum Gasteiger partial charge on any atom is -0.463 e. The molecule has 44 heavy (non-hydrogen) atoms. The van der Waals surface area contributed by atoms with Crippen molar-refractivity contribution in [2.24, 2.45) is 4.99 Å². The summed E-state index contributed by atoms with van der Waals surface area (Å²) in [4.78, 5) is 43.8. The van der Waals surface area contributed by atoms with Gasteiger partial charge >= 0.3 is 5.97 Å². The molecule has 3 aromatic carbocycles. The van der Waals surface area contributed by atoms with Gasteiger partial charge in [0.15, 0.2) is 4.80 Å². The Balaban J connectivity index is 1.53. The lowest BCUT2D eigenvalue weighted by Gasteiger charge is -2.24. The Morgan fingerprint density at radius 1 is 1.14 bits per heavy atom. The highest BCUT2D eigenvalue weighted by molar-refractivity contribution is 14.1. The number of halogens is 1. The smallest absolute Gasteiger partial charge is 0.338 e. The number of para-hydroxylation sites is 1. The van der Waals surface area contributed by atoms with Crippen molar-refractivity contribution in [3.63, 3.8) is 0 Å². The average Bonchev–Trinajstić information content (AvgIpc) is 3.50. The monoisotopic (exact) mass is 718 g/mol. The Bertz CT molecular complexity index is 2180. The lowest BCUT2D eigenvalue weighted by molar-refractivity contribution is -0.385. The Morgan fingerprint density at radius 3 is 2.61 bits per heavy atom. The lowest BCUT2D eigenvalue weighted by atomic mass is 9.94. The van der Waals surface area contributed by atoms with Crippen LogP contribution < -0.4 is 14.9 Å². The van der Waals surface area contributed by atoms with Crippen LogP contribution in [0.2, 0.25) is 0 Å². The molecule has 0 saturated heterocycles. The van der Waals surface area contributed by atoms with E-state index >= 15 is 0 Å². The maximum absolute atomic E-state index is 14.2. The summed E-state index contributed by atoms with van der Waals surface area (Å²) in [5.41, 5.74) is 4.13. The number of ether oxygens (including phenoxy) is 1. The normalized spacial score (nSPS) is 14.9. The van der Waals surface area contributed by atoms with E-state index < -0.39 is 16.9 Å². The number of aryl methyl sites for hydroxylation is 1. The molecular formula is C33H27IN4O5S. The van der Waals surface area contributed by atoms with Gasteiger partial charge in [-0.2, -0.15) is 0 Å². The molecule has 0 fully saturated rings. The van der Waals surface area contributed by atoms with Gasteiger partial charge in [-0.05, 0) is 78.8 Å². The second kappa shape index (κ2) is 12.0. The number of aromatic nitrogens is 2. The number of carbonyl (C=O) groups is 1. The molecular weight excluding hydrogens is 691 g/mol. The second-order valence-electron chi connectivity index (χ2n) is 10.5. The first-order chi connectivity index (χ1) is 21.2. The van der Waals surface area contributed by atoms with E-state index in [1.165, 1.54) is 25.5 Å². The topological polar surface area (TPSA) is 109 Å². The number of allylic oxidation sites excluding steroid dienone is 1. The molecule has 1 atom stereocenters. The van der Waals surface area contributed by atoms with Gasteiger partial charge in [-0.25, -0.2) is 9.79 Å². The van der Waals surface area contributed by atoms with Crippen LogP contribution in [-0.2, 0) is 16.1 Å². The Labute approximate surface area is 269 Å². The van der Waals surface area contributed by atoms with Crippen LogP contribution in [0.15, 0.2) is 94.0 Å². The molecule has 0 saturated carbocycles. The van der Waals surface area contributed by atoms with Gasteiger partial charge in [-0.15, -0.1) is 0 Å². The van der Waals surface area contributed by atoms with Crippen molar-refractivity contribution < 1.29 is 14.5 Å². The van der Waals surface area contributed by atoms with E-state index in [4.69, 9.17) is 4.74 Å². The van der Waals surface area contributed by atoms with E-state index in [1.54, 1.807) is 32.9 Å². The fourth-order valence-corrected chi connectivity index (χ4v) is 6.95. The summed E-state index contributed by atoms with van der Waals surface area (Å²) in [6.07, 6.45) is 3.89. The minimum absolute atomic E-state index is 0.0940. The standard InChI is InChI=1S/C33H27IN4O5S/c1-4-43-32(40)29-20(3)35-33-37(30(29)22-12-9-19(2)27(15-22)38(41)42)31(39)28(44-33)16-23-18-36(26-8-6-5-7-25(23)26)17-21-10-13-24(34)14-11-21/h5-16,18,30H,4,17H2,1-3H3/b28-16+/t30-/m0/s1. The fourth-order valence-electron chi connectivity index (χ4n) is 5.55. The molecule has 0 amide bonds. The minimum atomic E-state index is -0.936. The molecule has 5 aromatic rings. The highest BCUT2D eigenvalue weighted by Crippen LogP contribution is 2.33. The third-order valence-corrected chi connectivity index (χ3v) is 9.34. The van der Waals surface area contributed by atoms with Crippen molar-refractivity contribution >= 4 is 62.6 Å². The Kier molecular flexibility index (Phi) is 8.08. The number of benzene rings is 3. The van der Waals surface area contributed by atoms with Crippen molar-refractivity contribution in [1.29, 1.82) is 0 Å². The van der Waals surface area contributed by atoms with Gasteiger partial charge in [-0.3, -0.25) is 19.5 Å². The maximum Gasteiger partial charge on any atom is 0.338 e. The van der Waals surface area contributed by atoms with E-state index in [2.05, 4.69) is 62.5 Å². The van der Waals surface area contributed by atoms with Gasteiger partial charge in [0.1, 0.15) is 0 Å². The van der Waals surface area contributed by atoms with Gasteiger partial charge in [-0.1, -0.05) is 53.8 Å². The van der Waals surface area contributed by atoms with Gasteiger partial charge in [0.25, 0.3) is 11.2 Å². The molecule has 0 radical (unpaired) electrons. The molecule has 11 heteroatoms. The largest absolute Gasteiger partial charge is 0.463 e. The third-order valence-electron chi connectivity index (χ3n) is 7.63. The molecule has 3 heterocycles. The highest BCUT2D eigenvalue weighted by Gasteiger charge is 2.34. The summed E-state index contributed by atoms with van der Waals surface area (Å²) in [5, 5.41) is 12.8. The Morgan fingerprint density at radius 2 is 1.89 bits per heavy atom. The van der Waals surface area contributed by atoms with Crippen molar-refractivity contribution in [2.75, 3.05) is 6.61 Å². The first kappa shape index (κ1) is 29.7. The predicted octanol–water partition coefficient (Wildman–Crippen LogP) is 5.62. The van der Waals surface area contributed by atoms with E-state index in [-0.39, 0.29) is 23.4 Å². The van der Waals surface area contributed by atoms with Gasteiger partial charge in [0.05, 0.1) is 33.4 Å². The van der Waals surface area contributed by atoms with Crippen LogP contribution >= 0.6 is 33.9 Å². The molecule has 2 aromatic heterocycles. The summed E-state index contributed by atoms with van der Waals surface area (Å²) in [6, 6.07) is 20.2. The van der Waals surface area contributed by atoms with Crippen LogP contribution in [0, 0.1) is 20.6 Å². The molecule has 0 spiro atoms. The van der Waals surface area contributed by atoms with Gasteiger partial charge in [0.2, 0.25) is 0 Å². The van der Waals surface area contributed by atoms with Crippen LogP contribution in [0.25, 0.3) is 17.0 Å². The molecule has 6 rings (SSSR count). The number of carbonyl (C=O) groups excluding carboxylic acids is 1. The molecule has 0 bridgehead atoms. The number of nitro benzene ring substituents is 1. The summed E-state index contributed by atoms with van der Waals surface area (Å²) in [5.74, 6) is -0.616. The molecule has 0 aliphatic carbocycles. The van der Waals surface area contributed by atoms with Crippen molar-refractivity contribution in [1.82, 2.24) is 9.13 Å². The fraction of sp³-hybridized carbons (Fsp3) is 0.182. The second-order valence-corrected chi connectivity index (χ2v) is 12.7. The quantitative estimate of drug-likeness (QED) is 0.0940. The molecule has 1 aliphatic heterocycles. The molecule has 9 nitrogen and oxygen atoms in total. The third kappa shape index (κ3) is 5.41. The SMILES string of the molecule is CCOC(=O)C1=C(C)N=c2s/c(=C/c3cn(Cc4ccc(I)cc4)c4ccccc34)c(=O)n2[C@H]1c1ccc(C)c([N+](=O)[O-])c1. The number of hydrogen-bond donors (Lipinski definition) is 0. The zero-order valence-corrected chi connectivity index (χ0v) is 27.1. The van der Waals surface area contributed by atoms with E-state index in [0.29, 0.717) is 32.7 Å². The molecule has 222 valence electrons. The van der Waals surface area contributed by atoms with Crippen molar-refractivity contribution in [3.05, 3.63) is 140 Å². The number of rotatable bonds is 7. The molecule has 1 aliphatic rings. The summed E-state index contributed by atoms with van der Waals surface area (Å²) in [7, 11) is 0.